The molecule has 0 bridgehead atoms. The molecule has 282 valence electrons. The number of anilines is 3. The number of fused-ring (bicyclic) bond motifs is 2. The Morgan fingerprint density at radius 2 is 1.73 bits per heavy atom. The van der Waals surface area contributed by atoms with Crippen LogP contribution in [0.2, 0.25) is 0 Å². The quantitative estimate of drug-likeness (QED) is 0.153. The Balaban J connectivity index is 0.901. The van der Waals surface area contributed by atoms with Crippen LogP contribution in [-0.4, -0.2) is 91.0 Å². The second-order valence-corrected chi connectivity index (χ2v) is 14.6. The topological polar surface area (TPSA) is 180 Å². The van der Waals surface area contributed by atoms with E-state index in [1.807, 2.05) is 24.3 Å². The molecule has 0 radical (unpaired) electrons. The number of nitrogens with zero attached hydrogens (tertiary/aromatic N) is 7. The van der Waals surface area contributed by atoms with E-state index in [1.54, 1.807) is 40.9 Å². The maximum absolute atomic E-state index is 13.5. The number of aryl methyl sites for hydroxylation is 1. The van der Waals surface area contributed by atoms with Crippen LogP contribution in [0.25, 0.3) is 17.1 Å². The second kappa shape index (κ2) is 14.5. The normalized spacial score (nSPS) is 19.1. The fourth-order valence-corrected chi connectivity index (χ4v) is 8.30. The molecular formula is C40H41N9O6. The zero-order valence-corrected chi connectivity index (χ0v) is 30.7. The molecule has 4 aliphatic rings. The molecule has 55 heavy (non-hydrogen) atoms. The molecule has 2 saturated heterocycles. The van der Waals surface area contributed by atoms with Gasteiger partial charge in [0.05, 0.1) is 23.0 Å². The maximum atomic E-state index is 13.5. The number of imide groups is 1. The molecule has 0 spiro atoms. The Morgan fingerprint density at radius 1 is 0.945 bits per heavy atom. The summed E-state index contributed by atoms with van der Waals surface area (Å²) in [6.07, 6.45) is 10.8. The first-order chi connectivity index (χ1) is 26.6. The molecule has 1 saturated carbocycles. The first-order valence-corrected chi connectivity index (χ1v) is 18.7. The Bertz CT molecular complexity index is 2340. The summed E-state index contributed by atoms with van der Waals surface area (Å²) < 4.78 is 1.68. The Kier molecular flexibility index (Phi) is 9.45. The lowest BCUT2D eigenvalue weighted by atomic mass is 10.0. The number of piperazine rings is 1. The van der Waals surface area contributed by atoms with Gasteiger partial charge in [-0.05, 0) is 68.0 Å². The molecule has 2 N–H and O–H groups in total. The number of benzene rings is 1. The van der Waals surface area contributed by atoms with Crippen molar-refractivity contribution in [2.45, 2.75) is 71.0 Å². The molecule has 1 aliphatic carbocycles. The number of ketones is 1. The van der Waals surface area contributed by atoms with Crippen molar-refractivity contribution in [3.8, 4) is 0 Å². The lowest BCUT2D eigenvalue weighted by Crippen LogP contribution is -2.52. The lowest BCUT2D eigenvalue weighted by molar-refractivity contribution is -0.137. The van der Waals surface area contributed by atoms with E-state index in [2.05, 4.69) is 25.5 Å². The van der Waals surface area contributed by atoms with Crippen LogP contribution in [0.15, 0.2) is 53.6 Å². The molecule has 15 heteroatoms. The Labute approximate surface area is 316 Å². The number of pyridine rings is 2. The van der Waals surface area contributed by atoms with Crippen LogP contribution >= 0.6 is 0 Å². The van der Waals surface area contributed by atoms with E-state index in [0.29, 0.717) is 65.7 Å². The number of hydrogen-bond acceptors (Lipinski definition) is 11. The summed E-state index contributed by atoms with van der Waals surface area (Å²) in [5.74, 6) is -0.679. The molecule has 15 nitrogen and oxygen atoms in total. The van der Waals surface area contributed by atoms with E-state index in [1.165, 1.54) is 17.9 Å². The number of rotatable bonds is 8. The predicted octanol–water partition coefficient (Wildman–Crippen LogP) is 3.68. The van der Waals surface area contributed by atoms with Crippen molar-refractivity contribution in [2.24, 2.45) is 0 Å². The predicted molar refractivity (Wildman–Crippen MR) is 204 cm³/mol. The van der Waals surface area contributed by atoms with Crippen molar-refractivity contribution in [2.75, 3.05) is 36.4 Å². The summed E-state index contributed by atoms with van der Waals surface area (Å²) in [4.78, 5) is 96.0. The smallest absolute Gasteiger partial charge is 0.263 e. The molecule has 4 aromatic rings. The summed E-state index contributed by atoms with van der Waals surface area (Å²) in [6.45, 7) is 5.65. The van der Waals surface area contributed by atoms with Gasteiger partial charge in [-0.15, -0.1) is 0 Å². The van der Waals surface area contributed by atoms with Crippen molar-refractivity contribution < 1.29 is 24.0 Å². The number of piperidine rings is 1. The third-order valence-corrected chi connectivity index (χ3v) is 11.2. The standard InChI is InChI=1S/C40H41N9O6/c1-23-29-21-42-40(45-36(29)49(27-8-3-4-9-27)39(55)34(23)24(2)50)43-31-13-11-28(20-41-31)46-16-18-47(19-17-46)33(52)15-10-25-6-5-7-26-22-48(38(54)35(25)26)30-12-14-32(51)44-37(30)53/h5-7,10-11,13,15,20-21,27,30H,3-4,8-9,12,14,16-19,22H2,1-2H3,(H,44,51,53)(H,41,42,43,45)/b15-10+/t30-/m1/s1. The van der Waals surface area contributed by atoms with E-state index < -0.39 is 11.9 Å². The van der Waals surface area contributed by atoms with Gasteiger partial charge in [-0.2, -0.15) is 4.98 Å². The molecule has 6 heterocycles. The summed E-state index contributed by atoms with van der Waals surface area (Å²) >= 11 is 0. The minimum atomic E-state index is -0.704. The number of carbonyl (C=O) groups is 5. The summed E-state index contributed by atoms with van der Waals surface area (Å²) in [5.41, 5.74) is 3.75. The molecule has 1 aromatic carbocycles. The molecule has 3 fully saturated rings. The molecule has 0 unspecified atom stereocenters. The van der Waals surface area contributed by atoms with Crippen LogP contribution in [0.4, 0.5) is 17.5 Å². The van der Waals surface area contributed by atoms with Crippen LogP contribution < -0.4 is 21.1 Å². The highest BCUT2D eigenvalue weighted by Crippen LogP contribution is 2.33. The van der Waals surface area contributed by atoms with E-state index in [-0.39, 0.29) is 60.1 Å². The maximum Gasteiger partial charge on any atom is 0.263 e. The highest BCUT2D eigenvalue weighted by Gasteiger charge is 2.40. The number of amides is 4. The number of aromatic nitrogens is 4. The van der Waals surface area contributed by atoms with E-state index in [4.69, 9.17) is 4.98 Å². The zero-order valence-electron chi connectivity index (χ0n) is 30.7. The third kappa shape index (κ3) is 6.74. The van der Waals surface area contributed by atoms with Gasteiger partial charge in [0.2, 0.25) is 23.7 Å². The largest absolute Gasteiger partial charge is 0.367 e. The fourth-order valence-electron chi connectivity index (χ4n) is 8.30. The summed E-state index contributed by atoms with van der Waals surface area (Å²) in [6, 6.07) is 8.51. The Hall–Kier alpha value is -6.25. The second-order valence-electron chi connectivity index (χ2n) is 14.6. The van der Waals surface area contributed by atoms with Gasteiger partial charge >= 0.3 is 0 Å². The lowest BCUT2D eigenvalue weighted by Gasteiger charge is -2.35. The number of nitrogens with one attached hydrogen (secondary N) is 2. The number of hydrogen-bond donors (Lipinski definition) is 2. The van der Waals surface area contributed by atoms with Crippen molar-refractivity contribution in [3.63, 3.8) is 0 Å². The molecular weight excluding hydrogens is 702 g/mol. The number of Topliss-reactive ketones (excluding diaryl/α,β-unsaturated/α-hetero) is 1. The van der Waals surface area contributed by atoms with E-state index in [9.17, 15) is 28.8 Å². The molecule has 1 atom stereocenters. The number of carbonyl (C=O) groups excluding carboxylic acids is 5. The highest BCUT2D eigenvalue weighted by atomic mass is 16.2. The SMILES string of the molecule is CC(=O)c1c(C)c2cnc(Nc3ccc(N4CCN(C(=O)/C=C/c5cccc6c5C(=O)N([C@@H]5CCC(=O)NC5=O)C6)CC4)cn3)nc2n(C2CCCC2)c1=O. The highest BCUT2D eigenvalue weighted by molar-refractivity contribution is 6.07. The minimum absolute atomic E-state index is 0.0178. The summed E-state index contributed by atoms with van der Waals surface area (Å²) in [7, 11) is 0. The van der Waals surface area contributed by atoms with Gasteiger partial charge in [-0.25, -0.2) is 9.97 Å². The van der Waals surface area contributed by atoms with Gasteiger partial charge in [-0.1, -0.05) is 31.0 Å². The van der Waals surface area contributed by atoms with Crippen LogP contribution in [0.1, 0.15) is 88.9 Å². The van der Waals surface area contributed by atoms with Gasteiger partial charge in [0.1, 0.15) is 17.5 Å². The van der Waals surface area contributed by atoms with Crippen molar-refractivity contribution in [1.82, 2.24) is 34.6 Å². The van der Waals surface area contributed by atoms with Gasteiger partial charge in [-0.3, -0.25) is 38.7 Å². The first-order valence-electron chi connectivity index (χ1n) is 18.7. The van der Waals surface area contributed by atoms with Crippen LogP contribution in [-0.2, 0) is 20.9 Å². The van der Waals surface area contributed by atoms with Gasteiger partial charge in [0.15, 0.2) is 5.78 Å². The van der Waals surface area contributed by atoms with Crippen LogP contribution in [0.5, 0.6) is 0 Å². The average molecular weight is 744 g/mol. The van der Waals surface area contributed by atoms with Crippen molar-refractivity contribution >= 4 is 64.0 Å². The van der Waals surface area contributed by atoms with E-state index >= 15 is 0 Å². The van der Waals surface area contributed by atoms with Gasteiger partial charge in [0.25, 0.3) is 11.5 Å². The van der Waals surface area contributed by atoms with E-state index in [0.717, 1.165) is 36.9 Å². The average Bonchev–Trinajstić information content (AvgIpc) is 3.82. The first kappa shape index (κ1) is 35.8. The molecule has 3 aliphatic heterocycles. The van der Waals surface area contributed by atoms with Gasteiger partial charge in [0, 0.05) is 62.8 Å². The third-order valence-electron chi connectivity index (χ3n) is 11.2. The zero-order chi connectivity index (χ0) is 38.4. The fraction of sp³-hybridized carbons (Fsp3) is 0.375. The minimum Gasteiger partial charge on any atom is -0.367 e. The monoisotopic (exact) mass is 743 g/mol. The van der Waals surface area contributed by atoms with Crippen LogP contribution in [0, 0.1) is 6.92 Å². The van der Waals surface area contributed by atoms with Crippen LogP contribution in [0.3, 0.4) is 0 Å². The Morgan fingerprint density at radius 3 is 2.44 bits per heavy atom. The van der Waals surface area contributed by atoms with Gasteiger partial charge < -0.3 is 20.0 Å². The molecule has 4 amide bonds. The molecule has 3 aromatic heterocycles. The molecule has 8 rings (SSSR count). The summed E-state index contributed by atoms with van der Waals surface area (Å²) in [5, 5.41) is 6.16. The van der Waals surface area contributed by atoms with Crippen molar-refractivity contribution in [3.05, 3.63) is 87.0 Å². The van der Waals surface area contributed by atoms with Crippen molar-refractivity contribution in [1.29, 1.82) is 0 Å².